The Morgan fingerprint density at radius 2 is 1.96 bits per heavy atom. The molecule has 0 fully saturated rings. The van der Waals surface area contributed by atoms with Gasteiger partial charge in [0, 0.05) is 18.8 Å². The van der Waals surface area contributed by atoms with Crippen molar-refractivity contribution in [3.63, 3.8) is 0 Å². The van der Waals surface area contributed by atoms with Crippen molar-refractivity contribution < 1.29 is 22.4 Å². The zero-order chi connectivity index (χ0) is 16.9. The average molecular weight is 338 g/mol. The van der Waals surface area contributed by atoms with E-state index in [1.54, 1.807) is 6.92 Å². The van der Waals surface area contributed by atoms with E-state index >= 15 is 0 Å². The molecule has 2 aromatic rings. The molecular weight excluding hydrogens is 320 g/mol. The molecule has 7 nitrogen and oxygen atoms in total. The fourth-order valence-corrected chi connectivity index (χ4v) is 3.16. The summed E-state index contributed by atoms with van der Waals surface area (Å²) in [6.07, 6.45) is 2.73. The lowest BCUT2D eigenvalue weighted by atomic mass is 10.3. The van der Waals surface area contributed by atoms with E-state index in [4.69, 9.17) is 9.15 Å². The summed E-state index contributed by atoms with van der Waals surface area (Å²) in [5.74, 6) is -0.332. The number of furan rings is 1. The van der Waals surface area contributed by atoms with Gasteiger partial charge in [-0.3, -0.25) is 4.79 Å². The summed E-state index contributed by atoms with van der Waals surface area (Å²) in [6.45, 7) is 1.98. The van der Waals surface area contributed by atoms with E-state index in [9.17, 15) is 13.2 Å². The van der Waals surface area contributed by atoms with Crippen LogP contribution in [-0.2, 0) is 14.8 Å². The van der Waals surface area contributed by atoms with Gasteiger partial charge in [-0.1, -0.05) is 0 Å². The Kier molecular flexibility index (Phi) is 5.54. The minimum Gasteiger partial charge on any atom is -0.472 e. The Labute approximate surface area is 134 Å². The molecule has 1 aromatic heterocycles. The summed E-state index contributed by atoms with van der Waals surface area (Å²) >= 11 is 0. The van der Waals surface area contributed by atoms with Crippen molar-refractivity contribution in [3.8, 4) is 0 Å². The SMILES string of the molecule is COC[C@@H](C)NS(=O)(=O)c1ccc(NC(=O)c2ccoc2)cc1. The largest absolute Gasteiger partial charge is 0.472 e. The van der Waals surface area contributed by atoms with Gasteiger partial charge in [-0.25, -0.2) is 13.1 Å². The molecule has 2 N–H and O–H groups in total. The van der Waals surface area contributed by atoms with Gasteiger partial charge >= 0.3 is 0 Å². The zero-order valence-corrected chi connectivity index (χ0v) is 13.6. The number of nitrogens with one attached hydrogen (secondary N) is 2. The van der Waals surface area contributed by atoms with Gasteiger partial charge in [0.25, 0.3) is 5.91 Å². The number of anilines is 1. The lowest BCUT2D eigenvalue weighted by Gasteiger charge is -2.13. The summed E-state index contributed by atoms with van der Waals surface area (Å²) < 4.78 is 36.6. The fourth-order valence-electron chi connectivity index (χ4n) is 1.93. The number of amides is 1. The molecule has 0 spiro atoms. The van der Waals surface area contributed by atoms with Crippen molar-refractivity contribution in [1.29, 1.82) is 0 Å². The first-order valence-corrected chi connectivity index (χ1v) is 8.35. The normalized spacial score (nSPS) is 12.8. The molecule has 0 aliphatic carbocycles. The number of carbonyl (C=O) groups excluding carboxylic acids is 1. The number of rotatable bonds is 7. The standard InChI is InChI=1S/C15H18N2O5S/c1-11(9-21-2)17-23(19,20)14-5-3-13(4-6-14)16-15(18)12-7-8-22-10-12/h3-8,10-11,17H,9H2,1-2H3,(H,16,18)/t11-/m1/s1. The molecule has 23 heavy (non-hydrogen) atoms. The fraction of sp³-hybridized carbons (Fsp3) is 0.267. The van der Waals surface area contributed by atoms with Crippen molar-refractivity contribution in [3.05, 3.63) is 48.4 Å². The van der Waals surface area contributed by atoms with Crippen LogP contribution >= 0.6 is 0 Å². The predicted octanol–water partition coefficient (Wildman–Crippen LogP) is 1.85. The Hall–Kier alpha value is -2.16. The number of hydrogen-bond donors (Lipinski definition) is 2. The molecule has 124 valence electrons. The van der Waals surface area contributed by atoms with E-state index in [2.05, 4.69) is 10.0 Å². The van der Waals surface area contributed by atoms with Crippen LogP contribution in [0.15, 0.2) is 52.2 Å². The summed E-state index contributed by atoms with van der Waals surface area (Å²) in [5, 5.41) is 2.65. The van der Waals surface area contributed by atoms with Gasteiger partial charge in [0.15, 0.2) is 0 Å². The maximum absolute atomic E-state index is 12.2. The summed E-state index contributed by atoms with van der Waals surface area (Å²) in [4.78, 5) is 12.0. The van der Waals surface area contributed by atoms with Gasteiger partial charge in [0.05, 0.1) is 23.3 Å². The predicted molar refractivity (Wildman–Crippen MR) is 84.8 cm³/mol. The first-order valence-electron chi connectivity index (χ1n) is 6.87. The quantitative estimate of drug-likeness (QED) is 0.803. The number of methoxy groups -OCH3 is 1. The highest BCUT2D eigenvalue weighted by molar-refractivity contribution is 7.89. The number of sulfonamides is 1. The number of carbonyl (C=O) groups is 1. The van der Waals surface area contributed by atoms with Crippen LogP contribution in [0.1, 0.15) is 17.3 Å². The van der Waals surface area contributed by atoms with Crippen LogP contribution in [0.5, 0.6) is 0 Å². The summed E-state index contributed by atoms with van der Waals surface area (Å²) in [5.41, 5.74) is 0.872. The van der Waals surface area contributed by atoms with Gasteiger partial charge in [0.2, 0.25) is 10.0 Å². The maximum atomic E-state index is 12.2. The van der Waals surface area contributed by atoms with Crippen LogP contribution in [0.25, 0.3) is 0 Å². The molecule has 0 radical (unpaired) electrons. The Morgan fingerprint density at radius 1 is 1.26 bits per heavy atom. The van der Waals surface area contributed by atoms with Gasteiger partial charge in [0.1, 0.15) is 6.26 Å². The highest BCUT2D eigenvalue weighted by Gasteiger charge is 2.17. The second-order valence-electron chi connectivity index (χ2n) is 4.97. The summed E-state index contributed by atoms with van der Waals surface area (Å²) in [6, 6.07) is 7.08. The third kappa shape index (κ3) is 4.65. The number of benzene rings is 1. The van der Waals surface area contributed by atoms with Crippen molar-refractivity contribution in [2.75, 3.05) is 19.0 Å². The maximum Gasteiger partial charge on any atom is 0.258 e. The van der Waals surface area contributed by atoms with Crippen molar-refractivity contribution >= 4 is 21.6 Å². The van der Waals surface area contributed by atoms with Crippen molar-refractivity contribution in [2.24, 2.45) is 0 Å². The Bertz CT molecular complexity index is 739. The first kappa shape index (κ1) is 17.2. The molecule has 0 bridgehead atoms. The second kappa shape index (κ2) is 7.40. The molecule has 1 aromatic carbocycles. The van der Waals surface area contributed by atoms with Crippen LogP contribution in [0, 0.1) is 0 Å². The molecule has 0 aliphatic rings. The van der Waals surface area contributed by atoms with Crippen LogP contribution in [0.2, 0.25) is 0 Å². The van der Waals surface area contributed by atoms with Crippen molar-refractivity contribution in [2.45, 2.75) is 17.9 Å². The lowest BCUT2D eigenvalue weighted by molar-refractivity contribution is 0.102. The summed E-state index contributed by atoms with van der Waals surface area (Å²) in [7, 11) is -2.13. The monoisotopic (exact) mass is 338 g/mol. The highest BCUT2D eigenvalue weighted by Crippen LogP contribution is 2.15. The smallest absolute Gasteiger partial charge is 0.258 e. The van der Waals surface area contributed by atoms with Gasteiger partial charge < -0.3 is 14.5 Å². The molecular formula is C15H18N2O5S. The molecule has 2 rings (SSSR count). The van der Waals surface area contributed by atoms with E-state index in [0.29, 0.717) is 11.3 Å². The molecule has 0 saturated heterocycles. The van der Waals surface area contributed by atoms with E-state index < -0.39 is 10.0 Å². The number of ether oxygens (including phenoxy) is 1. The Morgan fingerprint density at radius 3 is 2.52 bits per heavy atom. The van der Waals surface area contributed by atoms with Gasteiger partial charge in [-0.15, -0.1) is 0 Å². The van der Waals surface area contributed by atoms with Crippen molar-refractivity contribution in [1.82, 2.24) is 4.72 Å². The second-order valence-corrected chi connectivity index (χ2v) is 6.68. The molecule has 1 atom stereocenters. The molecule has 0 aliphatic heterocycles. The highest BCUT2D eigenvalue weighted by atomic mass is 32.2. The molecule has 8 heteroatoms. The van der Waals surface area contributed by atoms with Crippen LogP contribution < -0.4 is 10.0 Å². The van der Waals surface area contributed by atoms with Crippen LogP contribution in [0.3, 0.4) is 0 Å². The first-order chi connectivity index (χ1) is 10.9. The van der Waals surface area contributed by atoms with E-state index in [-0.39, 0.29) is 23.5 Å². The molecule has 0 saturated carbocycles. The van der Waals surface area contributed by atoms with E-state index in [1.807, 2.05) is 0 Å². The van der Waals surface area contributed by atoms with Crippen LogP contribution in [-0.4, -0.2) is 34.1 Å². The molecule has 1 amide bonds. The average Bonchev–Trinajstić information content (AvgIpc) is 3.01. The third-order valence-electron chi connectivity index (χ3n) is 2.98. The zero-order valence-electron chi connectivity index (χ0n) is 12.8. The van der Waals surface area contributed by atoms with E-state index in [0.717, 1.165) is 0 Å². The van der Waals surface area contributed by atoms with Gasteiger partial charge in [-0.05, 0) is 37.3 Å². The molecule has 1 heterocycles. The van der Waals surface area contributed by atoms with E-state index in [1.165, 1.54) is 50.0 Å². The number of hydrogen-bond acceptors (Lipinski definition) is 5. The minimum atomic E-state index is -3.63. The van der Waals surface area contributed by atoms with Gasteiger partial charge in [-0.2, -0.15) is 0 Å². The Balaban J connectivity index is 2.05. The third-order valence-corrected chi connectivity index (χ3v) is 4.58. The topological polar surface area (TPSA) is 97.6 Å². The minimum absolute atomic E-state index is 0.113. The molecule has 0 unspecified atom stereocenters. The lowest BCUT2D eigenvalue weighted by Crippen LogP contribution is -2.35. The van der Waals surface area contributed by atoms with Crippen LogP contribution in [0.4, 0.5) is 5.69 Å².